The lowest BCUT2D eigenvalue weighted by Crippen LogP contribution is -1.94. The lowest BCUT2D eigenvalue weighted by molar-refractivity contribution is 0.173. The van der Waals surface area contributed by atoms with Crippen molar-refractivity contribution in [2.24, 2.45) is 0 Å². The van der Waals surface area contributed by atoms with Crippen LogP contribution in [0.3, 0.4) is 0 Å². The molecule has 0 saturated heterocycles. The summed E-state index contributed by atoms with van der Waals surface area (Å²) in [5.74, 6) is 2.14. The van der Waals surface area contributed by atoms with Gasteiger partial charge in [-0.25, -0.2) is 0 Å². The Morgan fingerprint density at radius 2 is 1.30 bits per heavy atom. The number of benzene rings is 2. The van der Waals surface area contributed by atoms with E-state index in [0.717, 1.165) is 23.5 Å². The minimum atomic E-state index is -0.394. The van der Waals surface area contributed by atoms with E-state index in [1.807, 2.05) is 43.3 Å². The van der Waals surface area contributed by atoms with Crippen molar-refractivity contribution in [1.82, 2.24) is 0 Å². The Bertz CT molecular complexity index is 526. The highest BCUT2D eigenvalue weighted by Crippen LogP contribution is 2.25. The second-order valence-corrected chi connectivity index (χ2v) is 5.32. The first-order chi connectivity index (χ1) is 9.60. The Kier molecular flexibility index (Phi) is 4.80. The van der Waals surface area contributed by atoms with Gasteiger partial charge in [0.1, 0.15) is 11.5 Å². The Labute approximate surface area is 121 Å². The molecular weight excluding hydrogens is 248 g/mol. The van der Waals surface area contributed by atoms with E-state index in [2.05, 4.69) is 26.0 Å². The molecular formula is C18H22O2. The molecule has 0 radical (unpaired) electrons. The van der Waals surface area contributed by atoms with Crippen LogP contribution in [-0.2, 0) is 0 Å². The summed E-state index contributed by atoms with van der Waals surface area (Å²) < 4.78 is 5.80. The molecule has 0 bridgehead atoms. The van der Waals surface area contributed by atoms with Gasteiger partial charge in [-0.15, -0.1) is 0 Å². The van der Waals surface area contributed by atoms with Gasteiger partial charge >= 0.3 is 0 Å². The molecule has 2 heteroatoms. The number of hydrogen-bond donors (Lipinski definition) is 1. The smallest absolute Gasteiger partial charge is 0.127 e. The normalized spacial score (nSPS) is 12.4. The number of aliphatic hydroxyl groups excluding tert-OH is 1. The van der Waals surface area contributed by atoms with Crippen molar-refractivity contribution >= 4 is 0 Å². The zero-order valence-corrected chi connectivity index (χ0v) is 12.3. The lowest BCUT2D eigenvalue weighted by atomic mass is 10.0. The second kappa shape index (κ2) is 6.58. The third kappa shape index (κ3) is 3.61. The first-order valence-electron chi connectivity index (χ1n) is 7.16. The van der Waals surface area contributed by atoms with Crippen LogP contribution >= 0.6 is 0 Å². The summed E-state index contributed by atoms with van der Waals surface area (Å²) in [6, 6.07) is 15.8. The van der Waals surface area contributed by atoms with E-state index in [1.54, 1.807) is 0 Å². The largest absolute Gasteiger partial charge is 0.457 e. The first-order valence-corrected chi connectivity index (χ1v) is 7.16. The molecule has 0 aliphatic carbocycles. The Morgan fingerprint density at radius 3 is 1.70 bits per heavy atom. The van der Waals surface area contributed by atoms with Gasteiger partial charge in [0.25, 0.3) is 0 Å². The van der Waals surface area contributed by atoms with Gasteiger partial charge in [0, 0.05) is 0 Å². The highest BCUT2D eigenvalue weighted by Gasteiger charge is 2.05. The van der Waals surface area contributed by atoms with Gasteiger partial charge in [-0.1, -0.05) is 45.0 Å². The van der Waals surface area contributed by atoms with Crippen LogP contribution in [0.4, 0.5) is 0 Å². The fraction of sp³-hybridized carbons (Fsp3) is 0.333. The van der Waals surface area contributed by atoms with E-state index in [9.17, 15) is 5.11 Å². The fourth-order valence-electron chi connectivity index (χ4n) is 2.05. The quantitative estimate of drug-likeness (QED) is 0.824. The summed E-state index contributed by atoms with van der Waals surface area (Å²) in [7, 11) is 0. The minimum absolute atomic E-state index is 0.394. The van der Waals surface area contributed by atoms with Gasteiger partial charge in [0.2, 0.25) is 0 Å². The van der Waals surface area contributed by atoms with Crippen LogP contribution < -0.4 is 4.74 Å². The average Bonchev–Trinajstić information content (AvgIpc) is 2.48. The van der Waals surface area contributed by atoms with Crippen LogP contribution in [-0.4, -0.2) is 5.11 Å². The molecule has 0 aliphatic rings. The summed E-state index contributed by atoms with van der Waals surface area (Å²) >= 11 is 0. The van der Waals surface area contributed by atoms with Crippen LogP contribution in [0.1, 0.15) is 50.3 Å². The summed E-state index contributed by atoms with van der Waals surface area (Å²) in [5, 5.41) is 9.75. The molecule has 1 N–H and O–H groups in total. The maximum absolute atomic E-state index is 9.75. The van der Waals surface area contributed by atoms with Gasteiger partial charge in [-0.3, -0.25) is 0 Å². The van der Waals surface area contributed by atoms with Gasteiger partial charge < -0.3 is 9.84 Å². The van der Waals surface area contributed by atoms with Crippen LogP contribution in [0.2, 0.25) is 0 Å². The van der Waals surface area contributed by atoms with Crippen molar-refractivity contribution in [2.75, 3.05) is 0 Å². The van der Waals surface area contributed by atoms with E-state index in [4.69, 9.17) is 4.74 Å². The summed E-state index contributed by atoms with van der Waals surface area (Å²) in [6.07, 6.45) is 0.325. The molecule has 106 valence electrons. The molecule has 0 fully saturated rings. The molecule has 0 aliphatic heterocycles. The van der Waals surface area contributed by atoms with E-state index in [-0.39, 0.29) is 0 Å². The fourth-order valence-corrected chi connectivity index (χ4v) is 2.05. The Morgan fingerprint density at radius 1 is 0.850 bits per heavy atom. The molecule has 2 aromatic rings. The van der Waals surface area contributed by atoms with E-state index in [1.165, 1.54) is 5.56 Å². The topological polar surface area (TPSA) is 29.5 Å². The van der Waals surface area contributed by atoms with Crippen molar-refractivity contribution in [3.63, 3.8) is 0 Å². The second-order valence-electron chi connectivity index (χ2n) is 5.32. The van der Waals surface area contributed by atoms with E-state index >= 15 is 0 Å². The van der Waals surface area contributed by atoms with Gasteiger partial charge in [0.05, 0.1) is 6.10 Å². The van der Waals surface area contributed by atoms with E-state index < -0.39 is 6.10 Å². The lowest BCUT2D eigenvalue weighted by Gasteiger charge is -2.11. The zero-order valence-electron chi connectivity index (χ0n) is 12.3. The third-order valence-corrected chi connectivity index (χ3v) is 3.43. The molecule has 1 atom stereocenters. The van der Waals surface area contributed by atoms with E-state index in [0.29, 0.717) is 5.92 Å². The summed E-state index contributed by atoms with van der Waals surface area (Å²) in [5.41, 5.74) is 2.23. The molecule has 0 amide bonds. The SMILES string of the molecule is CC[C@H](O)c1ccc(Oc2ccc(C(C)C)cc2)cc1. The predicted molar refractivity (Wildman–Crippen MR) is 82.3 cm³/mol. The molecule has 0 heterocycles. The van der Waals surface area contributed by atoms with Gasteiger partial charge in [-0.05, 0) is 47.7 Å². The van der Waals surface area contributed by atoms with Crippen LogP contribution in [0, 0.1) is 0 Å². The van der Waals surface area contributed by atoms with Crippen molar-refractivity contribution in [2.45, 2.75) is 39.2 Å². The number of ether oxygens (including phenoxy) is 1. The molecule has 20 heavy (non-hydrogen) atoms. The Balaban J connectivity index is 2.06. The Hall–Kier alpha value is -1.80. The highest BCUT2D eigenvalue weighted by molar-refractivity contribution is 5.35. The molecule has 2 nitrogen and oxygen atoms in total. The maximum atomic E-state index is 9.75. The zero-order chi connectivity index (χ0) is 14.5. The predicted octanol–water partition coefficient (Wildman–Crippen LogP) is 5.05. The monoisotopic (exact) mass is 270 g/mol. The maximum Gasteiger partial charge on any atom is 0.127 e. The molecule has 2 rings (SSSR count). The number of hydrogen-bond acceptors (Lipinski definition) is 2. The molecule has 0 saturated carbocycles. The molecule has 0 unspecified atom stereocenters. The summed E-state index contributed by atoms with van der Waals surface area (Å²) in [6.45, 7) is 6.31. The summed E-state index contributed by atoms with van der Waals surface area (Å²) in [4.78, 5) is 0. The average molecular weight is 270 g/mol. The molecule has 0 spiro atoms. The number of rotatable bonds is 5. The van der Waals surface area contributed by atoms with Crippen molar-refractivity contribution in [1.29, 1.82) is 0 Å². The third-order valence-electron chi connectivity index (χ3n) is 3.43. The number of aliphatic hydroxyl groups is 1. The van der Waals surface area contributed by atoms with Gasteiger partial charge in [-0.2, -0.15) is 0 Å². The van der Waals surface area contributed by atoms with Crippen LogP contribution in [0.25, 0.3) is 0 Å². The van der Waals surface area contributed by atoms with Crippen molar-refractivity contribution in [3.8, 4) is 11.5 Å². The van der Waals surface area contributed by atoms with Gasteiger partial charge in [0.15, 0.2) is 0 Å². The molecule has 0 aromatic heterocycles. The minimum Gasteiger partial charge on any atom is -0.457 e. The van der Waals surface area contributed by atoms with Crippen molar-refractivity contribution < 1.29 is 9.84 Å². The molecule has 2 aromatic carbocycles. The van der Waals surface area contributed by atoms with Crippen LogP contribution in [0.15, 0.2) is 48.5 Å². The first kappa shape index (κ1) is 14.6. The van der Waals surface area contributed by atoms with Crippen LogP contribution in [0.5, 0.6) is 11.5 Å². The standard InChI is InChI=1S/C18H22O2/c1-4-18(19)15-7-11-17(12-8-15)20-16-9-5-14(6-10-16)13(2)3/h5-13,18-19H,4H2,1-3H3/t18-/m0/s1. The van der Waals surface area contributed by atoms with Crippen molar-refractivity contribution in [3.05, 3.63) is 59.7 Å². The highest BCUT2D eigenvalue weighted by atomic mass is 16.5.